The third-order valence-electron chi connectivity index (χ3n) is 1.76. The van der Waals surface area contributed by atoms with Crippen LogP contribution in [0.15, 0.2) is 27.5 Å². The molecule has 0 aliphatic heterocycles. The number of hydrogen-bond donors (Lipinski definition) is 0. The van der Waals surface area contributed by atoms with E-state index in [4.69, 9.17) is 16.0 Å². The highest BCUT2D eigenvalue weighted by Crippen LogP contribution is 2.27. The van der Waals surface area contributed by atoms with E-state index in [1.807, 2.05) is 24.5 Å². The lowest BCUT2D eigenvalue weighted by atomic mass is 10.3. The summed E-state index contributed by atoms with van der Waals surface area (Å²) in [5.74, 6) is 0.904. The Labute approximate surface area is 85.3 Å². The van der Waals surface area contributed by atoms with Crippen molar-refractivity contribution in [2.45, 2.75) is 10.8 Å². The van der Waals surface area contributed by atoms with E-state index in [1.165, 1.54) is 0 Å². The molecule has 0 amide bonds. The van der Waals surface area contributed by atoms with Crippen molar-refractivity contribution in [3.05, 3.63) is 24.1 Å². The number of aromatic nitrogens is 1. The summed E-state index contributed by atoms with van der Waals surface area (Å²) in [6.45, 7) is 0. The van der Waals surface area contributed by atoms with E-state index in [2.05, 4.69) is 4.98 Å². The van der Waals surface area contributed by atoms with Gasteiger partial charge in [0.1, 0.15) is 5.52 Å². The maximum Gasteiger partial charge on any atom is 0.210 e. The number of rotatable bonds is 2. The van der Waals surface area contributed by atoms with E-state index in [9.17, 15) is 0 Å². The van der Waals surface area contributed by atoms with Crippen molar-refractivity contribution < 1.29 is 4.42 Å². The lowest BCUT2D eigenvalue weighted by Crippen LogP contribution is -1.72. The van der Waals surface area contributed by atoms with E-state index in [-0.39, 0.29) is 0 Å². The molecule has 0 saturated heterocycles. The molecule has 0 atom stereocenters. The molecule has 4 heteroatoms. The van der Waals surface area contributed by atoms with Gasteiger partial charge in [0.05, 0.1) is 10.8 Å². The van der Waals surface area contributed by atoms with Crippen molar-refractivity contribution in [3.63, 3.8) is 0 Å². The number of thioether (sulfide) groups is 1. The van der Waals surface area contributed by atoms with E-state index in [0.29, 0.717) is 11.8 Å². The van der Waals surface area contributed by atoms with Crippen LogP contribution in [0.5, 0.6) is 0 Å². The highest BCUT2D eigenvalue weighted by molar-refractivity contribution is 7.98. The lowest BCUT2D eigenvalue weighted by molar-refractivity contribution is 0.549. The van der Waals surface area contributed by atoms with Crippen LogP contribution in [0, 0.1) is 0 Å². The summed E-state index contributed by atoms with van der Waals surface area (Å²) in [6, 6.07) is 5.90. The molecule has 13 heavy (non-hydrogen) atoms. The van der Waals surface area contributed by atoms with Gasteiger partial charge in [0.15, 0.2) is 5.58 Å². The molecule has 0 bridgehead atoms. The quantitative estimate of drug-likeness (QED) is 0.566. The monoisotopic (exact) mass is 213 g/mol. The summed E-state index contributed by atoms with van der Waals surface area (Å²) in [4.78, 5) is 5.33. The fraction of sp³-hybridized carbons (Fsp3) is 0.222. The molecule has 0 fully saturated rings. The molecule has 2 aromatic rings. The van der Waals surface area contributed by atoms with E-state index in [0.717, 1.165) is 16.0 Å². The van der Waals surface area contributed by atoms with Gasteiger partial charge in [0, 0.05) is 0 Å². The van der Waals surface area contributed by atoms with Crippen LogP contribution in [0.25, 0.3) is 11.1 Å². The first-order valence-corrected chi connectivity index (χ1v) is 5.59. The number of para-hydroxylation sites is 1. The second-order valence-corrected chi connectivity index (χ2v) is 3.67. The van der Waals surface area contributed by atoms with Crippen LogP contribution in [-0.4, -0.2) is 11.2 Å². The Morgan fingerprint density at radius 1 is 1.54 bits per heavy atom. The number of oxazole rings is 1. The molecular formula is C9H8ClNOS. The molecular weight excluding hydrogens is 206 g/mol. The Balaban J connectivity index is 2.67. The number of benzene rings is 1. The second-order valence-electron chi connectivity index (χ2n) is 2.55. The molecule has 0 aliphatic rings. The van der Waals surface area contributed by atoms with Crippen molar-refractivity contribution in [2.24, 2.45) is 0 Å². The van der Waals surface area contributed by atoms with Crippen molar-refractivity contribution in [1.82, 2.24) is 4.98 Å². The molecule has 0 N–H and O–H groups in total. The fourth-order valence-electron chi connectivity index (χ4n) is 1.19. The first-order chi connectivity index (χ1) is 6.35. The van der Waals surface area contributed by atoms with Gasteiger partial charge in [-0.2, -0.15) is 0 Å². The second kappa shape index (κ2) is 3.60. The average Bonchev–Trinajstić information content (AvgIpc) is 2.59. The molecule has 0 aliphatic carbocycles. The average molecular weight is 214 g/mol. The summed E-state index contributed by atoms with van der Waals surface area (Å²) < 4.78 is 5.48. The maximum absolute atomic E-state index is 5.63. The van der Waals surface area contributed by atoms with Gasteiger partial charge < -0.3 is 4.42 Å². The number of halogens is 1. The predicted molar refractivity (Wildman–Crippen MR) is 55.3 cm³/mol. The topological polar surface area (TPSA) is 26.0 Å². The minimum Gasteiger partial charge on any atom is -0.438 e. The minimum absolute atomic E-state index is 0.322. The van der Waals surface area contributed by atoms with E-state index < -0.39 is 0 Å². The van der Waals surface area contributed by atoms with Crippen LogP contribution < -0.4 is 0 Å². The molecule has 2 rings (SSSR count). The number of alkyl halides is 1. The van der Waals surface area contributed by atoms with Crippen LogP contribution in [0.2, 0.25) is 0 Å². The largest absolute Gasteiger partial charge is 0.438 e. The first kappa shape index (κ1) is 8.91. The number of hydrogen-bond acceptors (Lipinski definition) is 3. The maximum atomic E-state index is 5.63. The Kier molecular flexibility index (Phi) is 2.47. The van der Waals surface area contributed by atoms with Crippen LogP contribution in [0.1, 0.15) is 5.89 Å². The van der Waals surface area contributed by atoms with Gasteiger partial charge in [-0.05, 0) is 18.4 Å². The lowest BCUT2D eigenvalue weighted by Gasteiger charge is -1.93. The number of fused-ring (bicyclic) bond motifs is 1. The van der Waals surface area contributed by atoms with Gasteiger partial charge >= 0.3 is 0 Å². The molecule has 0 radical (unpaired) electrons. The van der Waals surface area contributed by atoms with Gasteiger partial charge in [0.2, 0.25) is 5.89 Å². The first-order valence-electron chi connectivity index (χ1n) is 3.83. The van der Waals surface area contributed by atoms with Gasteiger partial charge in [0.25, 0.3) is 0 Å². The van der Waals surface area contributed by atoms with Gasteiger partial charge in [-0.15, -0.1) is 23.4 Å². The summed E-state index contributed by atoms with van der Waals surface area (Å²) in [7, 11) is 0. The van der Waals surface area contributed by atoms with Gasteiger partial charge in [-0.3, -0.25) is 0 Å². The van der Waals surface area contributed by atoms with Gasteiger partial charge in [-0.1, -0.05) is 6.07 Å². The normalized spacial score (nSPS) is 10.9. The van der Waals surface area contributed by atoms with Crippen molar-refractivity contribution >= 4 is 34.5 Å². The molecule has 2 nitrogen and oxygen atoms in total. The summed E-state index contributed by atoms with van der Waals surface area (Å²) in [6.07, 6.45) is 2.01. The van der Waals surface area contributed by atoms with Crippen LogP contribution in [-0.2, 0) is 5.88 Å². The third kappa shape index (κ3) is 1.54. The standard InChI is InChI=1S/C9H8ClNOS/c1-13-7-4-2-3-6-9(7)12-8(5-10)11-6/h2-4H,5H2,1H3. The summed E-state index contributed by atoms with van der Waals surface area (Å²) in [5, 5.41) is 0. The summed E-state index contributed by atoms with van der Waals surface area (Å²) >= 11 is 7.28. The van der Waals surface area contributed by atoms with E-state index in [1.54, 1.807) is 11.8 Å². The smallest absolute Gasteiger partial charge is 0.210 e. The zero-order chi connectivity index (χ0) is 9.26. The molecule has 1 aromatic carbocycles. The summed E-state index contributed by atoms with van der Waals surface area (Å²) in [5.41, 5.74) is 1.72. The highest BCUT2D eigenvalue weighted by Gasteiger charge is 2.07. The Morgan fingerprint density at radius 2 is 2.38 bits per heavy atom. The highest BCUT2D eigenvalue weighted by atomic mass is 35.5. The third-order valence-corrected chi connectivity index (χ3v) is 2.75. The molecule has 0 spiro atoms. The minimum atomic E-state index is 0.322. The Bertz CT molecular complexity index is 426. The van der Waals surface area contributed by atoms with Crippen LogP contribution >= 0.6 is 23.4 Å². The zero-order valence-electron chi connectivity index (χ0n) is 7.08. The molecule has 1 heterocycles. The molecule has 68 valence electrons. The van der Waals surface area contributed by atoms with Gasteiger partial charge in [-0.25, -0.2) is 4.98 Å². The van der Waals surface area contributed by atoms with Crippen molar-refractivity contribution in [1.29, 1.82) is 0 Å². The van der Waals surface area contributed by atoms with E-state index >= 15 is 0 Å². The van der Waals surface area contributed by atoms with Crippen LogP contribution in [0.4, 0.5) is 0 Å². The van der Waals surface area contributed by atoms with Crippen LogP contribution in [0.3, 0.4) is 0 Å². The zero-order valence-corrected chi connectivity index (χ0v) is 8.65. The Hall–Kier alpha value is -0.670. The fourth-order valence-corrected chi connectivity index (χ4v) is 1.85. The Morgan fingerprint density at radius 3 is 3.08 bits per heavy atom. The predicted octanol–water partition coefficient (Wildman–Crippen LogP) is 3.29. The SMILES string of the molecule is CSc1cccc2nc(CCl)oc12. The molecule has 1 aromatic heterocycles. The van der Waals surface area contributed by atoms with Crippen molar-refractivity contribution in [3.8, 4) is 0 Å². The van der Waals surface area contributed by atoms with Crippen molar-refractivity contribution in [2.75, 3.05) is 6.26 Å². The molecule has 0 saturated carbocycles. The number of nitrogens with zero attached hydrogens (tertiary/aromatic N) is 1. The molecule has 0 unspecified atom stereocenters.